The van der Waals surface area contributed by atoms with Crippen molar-refractivity contribution in [3.63, 3.8) is 0 Å². The summed E-state index contributed by atoms with van der Waals surface area (Å²) in [5.74, 6) is -1.73. The van der Waals surface area contributed by atoms with Gasteiger partial charge in [0.15, 0.2) is 11.5 Å². The van der Waals surface area contributed by atoms with E-state index in [0.29, 0.717) is 17.1 Å². The molecule has 1 N–H and O–H groups in total. The summed E-state index contributed by atoms with van der Waals surface area (Å²) in [4.78, 5) is 1.50. The third-order valence-electron chi connectivity index (χ3n) is 4.74. The number of benzene rings is 2. The number of aliphatic hydroxyl groups excluding tert-OH is 1. The van der Waals surface area contributed by atoms with Crippen molar-refractivity contribution in [1.29, 1.82) is 0 Å². The number of alkyl halides is 2. The summed E-state index contributed by atoms with van der Waals surface area (Å²) in [6.07, 6.45) is -1.16. The molecule has 0 aliphatic carbocycles. The van der Waals surface area contributed by atoms with Gasteiger partial charge in [-0.15, -0.1) is 0 Å². The fourth-order valence-corrected chi connectivity index (χ4v) is 3.39. The number of nitrogens with zero attached hydrogens (tertiary/aromatic N) is 1. The molecule has 150 valence electrons. The van der Waals surface area contributed by atoms with Gasteiger partial charge in [-0.05, 0) is 35.4 Å². The zero-order chi connectivity index (χ0) is 19.7. The molecular formula is C20H20F3NO4. The fraction of sp³-hybridized carbons (Fsp3) is 0.400. The van der Waals surface area contributed by atoms with Gasteiger partial charge in [0.2, 0.25) is 6.79 Å². The van der Waals surface area contributed by atoms with Crippen molar-refractivity contribution >= 4 is 0 Å². The van der Waals surface area contributed by atoms with Crippen LogP contribution in [0.2, 0.25) is 0 Å². The average Bonchev–Trinajstić information content (AvgIpc) is 3.24. The molecule has 28 heavy (non-hydrogen) atoms. The first kappa shape index (κ1) is 18.9. The van der Waals surface area contributed by atoms with E-state index < -0.39 is 17.8 Å². The molecule has 0 bridgehead atoms. The van der Waals surface area contributed by atoms with E-state index in [9.17, 15) is 18.3 Å². The van der Waals surface area contributed by atoms with Gasteiger partial charge < -0.3 is 19.3 Å². The first-order valence-corrected chi connectivity index (χ1v) is 9.00. The predicted octanol–water partition coefficient (Wildman–Crippen LogP) is 3.30. The molecule has 0 radical (unpaired) electrons. The normalized spacial score (nSPS) is 19.0. The lowest BCUT2D eigenvalue weighted by atomic mass is 10.0. The minimum Gasteiger partial charge on any atom is -0.491 e. The quantitative estimate of drug-likeness (QED) is 0.814. The molecule has 2 aromatic carbocycles. The van der Waals surface area contributed by atoms with Gasteiger partial charge in [-0.2, -0.15) is 0 Å². The van der Waals surface area contributed by atoms with Crippen LogP contribution in [0.25, 0.3) is 11.1 Å². The third kappa shape index (κ3) is 4.34. The van der Waals surface area contributed by atoms with Gasteiger partial charge in [0.1, 0.15) is 24.3 Å². The Morgan fingerprint density at radius 3 is 2.71 bits per heavy atom. The van der Waals surface area contributed by atoms with Crippen molar-refractivity contribution in [1.82, 2.24) is 4.90 Å². The maximum absolute atomic E-state index is 14.0. The summed E-state index contributed by atoms with van der Waals surface area (Å²) in [5, 5.41) is 10.1. The van der Waals surface area contributed by atoms with Gasteiger partial charge >= 0.3 is 0 Å². The molecule has 0 saturated carbocycles. The van der Waals surface area contributed by atoms with E-state index in [1.54, 1.807) is 24.3 Å². The Morgan fingerprint density at radius 2 is 1.93 bits per heavy atom. The highest BCUT2D eigenvalue weighted by Gasteiger charge is 2.38. The summed E-state index contributed by atoms with van der Waals surface area (Å²) in [5.41, 5.74) is 1.32. The first-order valence-electron chi connectivity index (χ1n) is 9.00. The van der Waals surface area contributed by atoms with Crippen LogP contribution in [0.3, 0.4) is 0 Å². The van der Waals surface area contributed by atoms with Crippen molar-refractivity contribution in [3.05, 3.63) is 42.2 Å². The molecule has 1 atom stereocenters. The van der Waals surface area contributed by atoms with Crippen molar-refractivity contribution in [2.24, 2.45) is 0 Å². The Bertz CT molecular complexity index is 861. The van der Waals surface area contributed by atoms with Gasteiger partial charge in [0, 0.05) is 25.6 Å². The molecule has 0 spiro atoms. The molecule has 2 heterocycles. The second-order valence-electron chi connectivity index (χ2n) is 7.05. The molecule has 8 heteroatoms. The molecule has 1 saturated heterocycles. The highest BCUT2D eigenvalue weighted by atomic mass is 19.3. The topological polar surface area (TPSA) is 51.2 Å². The number of rotatable bonds is 6. The smallest absolute Gasteiger partial charge is 0.261 e. The Kier molecular flexibility index (Phi) is 5.07. The summed E-state index contributed by atoms with van der Waals surface area (Å²) in [6.45, 7) is -0.0141. The van der Waals surface area contributed by atoms with Crippen LogP contribution in [0.5, 0.6) is 17.2 Å². The highest BCUT2D eigenvalue weighted by molar-refractivity contribution is 5.68. The maximum atomic E-state index is 14.0. The van der Waals surface area contributed by atoms with Crippen LogP contribution in [0, 0.1) is 5.82 Å². The molecule has 1 fully saturated rings. The van der Waals surface area contributed by atoms with Crippen LogP contribution in [-0.2, 0) is 0 Å². The Labute approximate surface area is 160 Å². The molecular weight excluding hydrogens is 375 g/mol. The average molecular weight is 395 g/mol. The number of ether oxygens (including phenoxy) is 3. The number of halogens is 3. The Morgan fingerprint density at radius 1 is 1.11 bits per heavy atom. The van der Waals surface area contributed by atoms with Crippen LogP contribution in [0.15, 0.2) is 36.4 Å². The number of hydrogen-bond donors (Lipinski definition) is 1. The third-order valence-corrected chi connectivity index (χ3v) is 4.74. The van der Waals surface area contributed by atoms with Crippen LogP contribution in [0.4, 0.5) is 13.2 Å². The van der Waals surface area contributed by atoms with Gasteiger partial charge in [-0.1, -0.05) is 6.07 Å². The summed E-state index contributed by atoms with van der Waals surface area (Å²) < 4.78 is 56.6. The Hall–Kier alpha value is -2.45. The first-order chi connectivity index (χ1) is 13.4. The second kappa shape index (κ2) is 7.52. The highest BCUT2D eigenvalue weighted by Crippen LogP contribution is 2.37. The van der Waals surface area contributed by atoms with Crippen molar-refractivity contribution in [3.8, 4) is 28.4 Å². The van der Waals surface area contributed by atoms with Gasteiger partial charge in [0.05, 0.1) is 6.54 Å². The Balaban J connectivity index is 1.40. The molecule has 1 unspecified atom stereocenters. The largest absolute Gasteiger partial charge is 0.491 e. The zero-order valence-corrected chi connectivity index (χ0v) is 15.0. The number of β-amino-alcohol motifs (C(OH)–C–C–N with tert-alkyl or cyclic N) is 1. The van der Waals surface area contributed by atoms with Gasteiger partial charge in [0.25, 0.3) is 5.92 Å². The zero-order valence-electron chi connectivity index (χ0n) is 15.0. The minimum atomic E-state index is -2.71. The van der Waals surface area contributed by atoms with E-state index in [2.05, 4.69) is 0 Å². The van der Waals surface area contributed by atoms with E-state index in [1.165, 1.54) is 17.0 Å². The number of likely N-dealkylation sites (tertiary alicyclic amines) is 1. The van der Waals surface area contributed by atoms with Gasteiger partial charge in [-0.3, -0.25) is 4.90 Å². The van der Waals surface area contributed by atoms with Crippen LogP contribution in [-0.4, -0.2) is 55.1 Å². The molecule has 0 amide bonds. The van der Waals surface area contributed by atoms with E-state index in [1.807, 2.05) is 0 Å². The van der Waals surface area contributed by atoms with Crippen LogP contribution >= 0.6 is 0 Å². The van der Waals surface area contributed by atoms with Crippen molar-refractivity contribution in [2.45, 2.75) is 18.4 Å². The van der Waals surface area contributed by atoms with E-state index in [0.717, 1.165) is 5.56 Å². The summed E-state index contributed by atoms with van der Waals surface area (Å²) >= 11 is 0. The molecule has 2 aliphatic rings. The lowest BCUT2D eigenvalue weighted by Gasteiger charge is -2.20. The molecule has 2 aromatic rings. The molecule has 2 aliphatic heterocycles. The second-order valence-corrected chi connectivity index (χ2v) is 7.05. The van der Waals surface area contributed by atoms with E-state index in [-0.39, 0.29) is 45.2 Å². The summed E-state index contributed by atoms with van der Waals surface area (Å²) in [6, 6.07) is 9.52. The monoisotopic (exact) mass is 395 g/mol. The lowest BCUT2D eigenvalue weighted by Crippen LogP contribution is -2.35. The maximum Gasteiger partial charge on any atom is 0.261 e. The lowest BCUT2D eigenvalue weighted by molar-refractivity contribution is 0.00459. The van der Waals surface area contributed by atoms with E-state index in [4.69, 9.17) is 14.2 Å². The predicted molar refractivity (Wildman–Crippen MR) is 95.5 cm³/mol. The minimum absolute atomic E-state index is 0.0833. The van der Waals surface area contributed by atoms with Crippen molar-refractivity contribution in [2.75, 3.05) is 33.0 Å². The van der Waals surface area contributed by atoms with Crippen LogP contribution in [0.1, 0.15) is 6.42 Å². The summed E-state index contributed by atoms with van der Waals surface area (Å²) in [7, 11) is 0. The molecule has 5 nitrogen and oxygen atoms in total. The van der Waals surface area contributed by atoms with E-state index >= 15 is 0 Å². The molecule has 0 aromatic heterocycles. The standard InChI is InChI=1S/C20H20F3NO4/c21-15-5-14(13-1-2-18-19(7-13)28-12-27-18)6-17(8-15)26-10-16(25)9-24-4-3-20(22,23)11-24/h1-2,5-8,16,25H,3-4,9-12H2. The molecule has 4 rings (SSSR count). The van der Waals surface area contributed by atoms with Crippen LogP contribution < -0.4 is 14.2 Å². The number of aliphatic hydroxyl groups is 1. The fourth-order valence-electron chi connectivity index (χ4n) is 3.39. The van der Waals surface area contributed by atoms with Gasteiger partial charge in [-0.25, -0.2) is 13.2 Å². The van der Waals surface area contributed by atoms with Crippen molar-refractivity contribution < 1.29 is 32.5 Å². The number of hydrogen-bond acceptors (Lipinski definition) is 5. The number of fused-ring (bicyclic) bond motifs is 1. The SMILES string of the molecule is OC(COc1cc(F)cc(-c2ccc3c(c2)OCO3)c1)CN1CCC(F)(F)C1.